The minimum absolute atomic E-state index is 0.306. The van der Waals surface area contributed by atoms with E-state index in [0.29, 0.717) is 10.0 Å². The molecule has 1 heterocycles. The van der Waals surface area contributed by atoms with E-state index in [0.717, 1.165) is 31.9 Å². The van der Waals surface area contributed by atoms with E-state index >= 15 is 0 Å². The van der Waals surface area contributed by atoms with E-state index in [4.69, 9.17) is 12.2 Å². The summed E-state index contributed by atoms with van der Waals surface area (Å²) in [6, 6.07) is 17.0. The zero-order valence-electron chi connectivity index (χ0n) is 14.1. The van der Waals surface area contributed by atoms with Crippen LogP contribution in [0.5, 0.6) is 0 Å². The summed E-state index contributed by atoms with van der Waals surface area (Å²) in [4.78, 5) is 4.79. The van der Waals surface area contributed by atoms with Crippen molar-refractivity contribution in [3.8, 4) is 0 Å². The fraction of sp³-hybridized carbons (Fsp3) is 0.278. The largest absolute Gasteiger partial charge is 0.368 e. The summed E-state index contributed by atoms with van der Waals surface area (Å²) >= 11 is 5.50. The molecule has 0 saturated carbocycles. The summed E-state index contributed by atoms with van der Waals surface area (Å²) in [6.45, 7) is 3.53. The number of anilines is 2. The van der Waals surface area contributed by atoms with E-state index in [1.54, 1.807) is 24.3 Å². The van der Waals surface area contributed by atoms with Gasteiger partial charge in [0, 0.05) is 43.8 Å². The van der Waals surface area contributed by atoms with E-state index in [9.17, 15) is 8.42 Å². The highest BCUT2D eigenvalue weighted by atomic mass is 32.2. The Morgan fingerprint density at radius 2 is 1.56 bits per heavy atom. The average molecular weight is 376 g/mol. The van der Waals surface area contributed by atoms with Gasteiger partial charge >= 0.3 is 0 Å². The molecule has 5 nitrogen and oxygen atoms in total. The number of piperazine rings is 1. The number of sulfone groups is 1. The van der Waals surface area contributed by atoms with Crippen molar-refractivity contribution in [3.63, 3.8) is 0 Å². The summed E-state index contributed by atoms with van der Waals surface area (Å²) in [5, 5.41) is 3.86. The lowest BCUT2D eigenvalue weighted by Crippen LogP contribution is -2.50. The van der Waals surface area contributed by atoms with Gasteiger partial charge in [0.25, 0.3) is 0 Å². The second-order valence-electron chi connectivity index (χ2n) is 6.04. The summed E-state index contributed by atoms with van der Waals surface area (Å²) in [5.41, 5.74) is 2.03. The number of hydrogen-bond acceptors (Lipinski definition) is 4. The van der Waals surface area contributed by atoms with Crippen molar-refractivity contribution < 1.29 is 8.42 Å². The van der Waals surface area contributed by atoms with Crippen LogP contribution in [0.3, 0.4) is 0 Å². The van der Waals surface area contributed by atoms with Crippen molar-refractivity contribution >= 4 is 38.5 Å². The molecule has 0 bridgehead atoms. The minimum atomic E-state index is -3.18. The van der Waals surface area contributed by atoms with Crippen LogP contribution >= 0.6 is 12.2 Å². The SMILES string of the molecule is CS(=O)(=O)c1ccc(NC(=S)N2CCN(c3ccccc3)CC2)cc1. The molecule has 1 aliphatic heterocycles. The maximum Gasteiger partial charge on any atom is 0.175 e. The molecule has 0 radical (unpaired) electrons. The molecular formula is C18H21N3O2S2. The Morgan fingerprint density at radius 1 is 0.960 bits per heavy atom. The van der Waals surface area contributed by atoms with Gasteiger partial charge in [-0.3, -0.25) is 0 Å². The van der Waals surface area contributed by atoms with Crippen LogP contribution in [-0.4, -0.2) is 50.9 Å². The molecule has 1 aliphatic rings. The number of nitrogens with zero attached hydrogens (tertiary/aromatic N) is 2. The van der Waals surface area contributed by atoms with Crippen LogP contribution in [0, 0.1) is 0 Å². The van der Waals surface area contributed by atoms with Crippen LogP contribution < -0.4 is 10.2 Å². The number of para-hydroxylation sites is 1. The van der Waals surface area contributed by atoms with Crippen molar-refractivity contribution in [2.45, 2.75) is 4.90 Å². The van der Waals surface area contributed by atoms with Crippen LogP contribution in [0.15, 0.2) is 59.5 Å². The zero-order valence-corrected chi connectivity index (χ0v) is 15.7. The third-order valence-corrected chi connectivity index (χ3v) is 5.71. The van der Waals surface area contributed by atoms with Gasteiger partial charge in [-0.1, -0.05) is 18.2 Å². The lowest BCUT2D eigenvalue weighted by atomic mass is 10.2. The highest BCUT2D eigenvalue weighted by Gasteiger charge is 2.19. The van der Waals surface area contributed by atoms with Crippen LogP contribution in [-0.2, 0) is 9.84 Å². The fourth-order valence-electron chi connectivity index (χ4n) is 2.79. The molecule has 0 spiro atoms. The maximum absolute atomic E-state index is 11.5. The standard InChI is InChI=1S/C18H21N3O2S2/c1-25(22,23)17-9-7-15(8-10-17)19-18(24)21-13-11-20(12-14-21)16-5-3-2-4-6-16/h2-10H,11-14H2,1H3,(H,19,24). The third-order valence-electron chi connectivity index (χ3n) is 4.22. The Morgan fingerprint density at radius 3 is 2.12 bits per heavy atom. The quantitative estimate of drug-likeness (QED) is 0.833. The summed E-state index contributed by atoms with van der Waals surface area (Å²) < 4.78 is 23.0. The summed E-state index contributed by atoms with van der Waals surface area (Å²) in [7, 11) is -3.18. The first kappa shape index (κ1) is 17.7. The van der Waals surface area contributed by atoms with Gasteiger partial charge in [0.2, 0.25) is 0 Å². The van der Waals surface area contributed by atoms with E-state index in [-0.39, 0.29) is 0 Å². The average Bonchev–Trinajstić information content (AvgIpc) is 2.62. The second-order valence-corrected chi connectivity index (χ2v) is 8.44. The van der Waals surface area contributed by atoms with Gasteiger partial charge in [-0.2, -0.15) is 0 Å². The molecule has 3 rings (SSSR count). The minimum Gasteiger partial charge on any atom is -0.368 e. The molecule has 1 N–H and O–H groups in total. The van der Waals surface area contributed by atoms with Crippen LogP contribution in [0.25, 0.3) is 0 Å². The Bertz CT molecular complexity index is 828. The maximum atomic E-state index is 11.5. The van der Waals surface area contributed by atoms with Gasteiger partial charge in [-0.15, -0.1) is 0 Å². The number of thiocarbonyl (C=S) groups is 1. The lowest BCUT2D eigenvalue weighted by molar-refractivity contribution is 0.391. The fourth-order valence-corrected chi connectivity index (χ4v) is 3.73. The number of rotatable bonds is 3. The summed E-state index contributed by atoms with van der Waals surface area (Å²) in [5.74, 6) is 0. The first-order valence-corrected chi connectivity index (χ1v) is 10.4. The predicted molar refractivity (Wildman–Crippen MR) is 106 cm³/mol. The molecule has 25 heavy (non-hydrogen) atoms. The Kier molecular flexibility index (Phi) is 5.24. The van der Waals surface area contributed by atoms with Gasteiger partial charge in [-0.25, -0.2) is 8.42 Å². The highest BCUT2D eigenvalue weighted by Crippen LogP contribution is 2.17. The van der Waals surface area contributed by atoms with Crippen LogP contribution in [0.1, 0.15) is 0 Å². The molecule has 2 aromatic rings. The number of hydrogen-bond donors (Lipinski definition) is 1. The zero-order chi connectivity index (χ0) is 17.9. The van der Waals surface area contributed by atoms with E-state index in [2.05, 4.69) is 27.2 Å². The van der Waals surface area contributed by atoms with E-state index in [1.165, 1.54) is 11.9 Å². The van der Waals surface area contributed by atoms with E-state index in [1.807, 2.05) is 18.2 Å². The van der Waals surface area contributed by atoms with Gasteiger partial charge in [-0.05, 0) is 48.6 Å². The number of nitrogens with one attached hydrogen (secondary N) is 1. The van der Waals surface area contributed by atoms with Crippen molar-refractivity contribution in [1.29, 1.82) is 0 Å². The molecule has 2 aromatic carbocycles. The van der Waals surface area contributed by atoms with Crippen molar-refractivity contribution in [1.82, 2.24) is 4.90 Å². The predicted octanol–water partition coefficient (Wildman–Crippen LogP) is 2.61. The first-order valence-electron chi connectivity index (χ1n) is 8.09. The Balaban J connectivity index is 1.56. The molecule has 1 fully saturated rings. The Labute approximate surface area is 154 Å². The second kappa shape index (κ2) is 7.41. The normalized spacial score (nSPS) is 15.1. The molecule has 0 amide bonds. The van der Waals surface area contributed by atoms with Gasteiger partial charge in [0.1, 0.15) is 0 Å². The molecule has 0 atom stereocenters. The summed E-state index contributed by atoms with van der Waals surface area (Å²) in [6.07, 6.45) is 1.20. The number of benzene rings is 2. The lowest BCUT2D eigenvalue weighted by Gasteiger charge is -2.37. The Hall–Kier alpha value is -2.12. The highest BCUT2D eigenvalue weighted by molar-refractivity contribution is 7.90. The van der Waals surface area contributed by atoms with Crippen molar-refractivity contribution in [3.05, 3.63) is 54.6 Å². The molecule has 0 aromatic heterocycles. The third kappa shape index (κ3) is 4.49. The van der Waals surface area contributed by atoms with Crippen molar-refractivity contribution in [2.24, 2.45) is 0 Å². The van der Waals surface area contributed by atoms with Gasteiger partial charge in [0.05, 0.1) is 4.90 Å². The topological polar surface area (TPSA) is 52.7 Å². The molecular weight excluding hydrogens is 354 g/mol. The van der Waals surface area contributed by atoms with E-state index < -0.39 is 9.84 Å². The van der Waals surface area contributed by atoms with Crippen molar-refractivity contribution in [2.75, 3.05) is 42.7 Å². The molecule has 0 unspecified atom stereocenters. The molecule has 7 heteroatoms. The smallest absolute Gasteiger partial charge is 0.175 e. The molecule has 0 aliphatic carbocycles. The first-order chi connectivity index (χ1) is 11.9. The monoisotopic (exact) mass is 375 g/mol. The molecule has 1 saturated heterocycles. The van der Waals surface area contributed by atoms with Gasteiger partial charge in [0.15, 0.2) is 14.9 Å². The van der Waals surface area contributed by atoms with Crippen LogP contribution in [0.2, 0.25) is 0 Å². The van der Waals surface area contributed by atoms with Crippen LogP contribution in [0.4, 0.5) is 11.4 Å². The molecule has 132 valence electrons. The van der Waals surface area contributed by atoms with Gasteiger partial charge < -0.3 is 15.1 Å².